The number of H-pyrrole nitrogens is 2. The second-order valence-electron chi connectivity index (χ2n) is 10.1. The van der Waals surface area contributed by atoms with Gasteiger partial charge in [-0.25, -0.2) is 24.9 Å². The lowest BCUT2D eigenvalue weighted by atomic mass is 10.1. The van der Waals surface area contributed by atoms with Crippen LogP contribution in [0.25, 0.3) is 55.1 Å². The van der Waals surface area contributed by atoms with Crippen molar-refractivity contribution in [2.45, 2.75) is 0 Å². The van der Waals surface area contributed by atoms with E-state index in [4.69, 9.17) is 4.74 Å². The van der Waals surface area contributed by atoms with Gasteiger partial charge in [-0.2, -0.15) is 4.39 Å². The summed E-state index contributed by atoms with van der Waals surface area (Å²) < 4.78 is 18.0. The number of pyridine rings is 6. The molecule has 0 aromatic carbocycles. The fraction of sp³-hybridized carbons (Fsp3) is 0.0606. The number of anilines is 2. The minimum atomic E-state index is -0.506. The Hall–Kier alpha value is -6.50. The lowest BCUT2D eigenvalue weighted by molar-refractivity contribution is 0.102. The van der Waals surface area contributed by atoms with Crippen LogP contribution in [0.3, 0.4) is 0 Å². The highest BCUT2D eigenvalue weighted by atomic mass is 19.1. The van der Waals surface area contributed by atoms with Crippen molar-refractivity contribution in [3.63, 3.8) is 0 Å². The van der Waals surface area contributed by atoms with E-state index < -0.39 is 5.95 Å². The van der Waals surface area contributed by atoms with E-state index in [2.05, 4.69) is 50.5 Å². The maximum Gasteiger partial charge on any atom is 0.258 e. The third kappa shape index (κ3) is 5.48. The van der Waals surface area contributed by atoms with Crippen molar-refractivity contribution in [1.82, 2.24) is 39.9 Å². The highest BCUT2D eigenvalue weighted by molar-refractivity contribution is 6.08. The molecule has 226 valence electrons. The molecule has 8 aromatic rings. The normalized spacial score (nSPS) is 11.0. The zero-order valence-electron chi connectivity index (χ0n) is 24.5. The predicted molar refractivity (Wildman–Crippen MR) is 174 cm³/mol. The van der Waals surface area contributed by atoms with Gasteiger partial charge in [-0.15, -0.1) is 0 Å². The van der Waals surface area contributed by atoms with Crippen molar-refractivity contribution in [2.75, 3.05) is 24.8 Å². The van der Waals surface area contributed by atoms with E-state index >= 15 is 0 Å². The molecule has 0 saturated carbocycles. The molecule has 0 unspecified atom stereocenters. The Kier molecular flexibility index (Phi) is 7.31. The number of nitrogens with one attached hydrogen (secondary N) is 4. The molecule has 8 heterocycles. The highest BCUT2D eigenvalue weighted by Gasteiger charge is 2.11. The first-order valence-corrected chi connectivity index (χ1v) is 14.1. The monoisotopic (exact) mass is 612 g/mol. The summed E-state index contributed by atoms with van der Waals surface area (Å²) in [5.74, 6) is 0.966. The summed E-state index contributed by atoms with van der Waals surface area (Å²) in [6.45, 7) is 0. The summed E-state index contributed by atoms with van der Waals surface area (Å²) in [6.07, 6.45) is 8.27. The van der Waals surface area contributed by atoms with Gasteiger partial charge in [0.1, 0.15) is 22.9 Å². The molecule has 46 heavy (non-hydrogen) atoms. The Labute approximate surface area is 260 Å². The molecule has 0 bridgehead atoms. The summed E-state index contributed by atoms with van der Waals surface area (Å²) in [5, 5.41) is 9.63. The third-order valence-corrected chi connectivity index (χ3v) is 7.33. The van der Waals surface area contributed by atoms with Crippen molar-refractivity contribution >= 4 is 61.4 Å². The SMILES string of the molecule is CNc1ccc(C(=O)Nc2ccc3c(n2)[nH]c2ccncc23)cn1.COc1cc2[nH]c3nc(-c4ccc(F)nc4)ccc3c2cn1. The van der Waals surface area contributed by atoms with E-state index in [1.54, 1.807) is 57.0 Å². The first-order chi connectivity index (χ1) is 22.5. The van der Waals surface area contributed by atoms with Crippen LogP contribution >= 0.6 is 0 Å². The van der Waals surface area contributed by atoms with E-state index in [1.807, 2.05) is 30.3 Å². The molecule has 0 spiro atoms. The lowest BCUT2D eigenvalue weighted by Crippen LogP contribution is -2.13. The second-order valence-corrected chi connectivity index (χ2v) is 10.1. The average Bonchev–Trinajstić information content (AvgIpc) is 3.65. The van der Waals surface area contributed by atoms with E-state index in [0.717, 1.165) is 49.5 Å². The highest BCUT2D eigenvalue weighted by Crippen LogP contribution is 2.28. The number of amides is 1. The molecule has 8 aromatic heterocycles. The predicted octanol–water partition coefficient (Wildman–Crippen LogP) is 6.12. The maximum atomic E-state index is 12.9. The molecule has 0 fully saturated rings. The molecule has 13 heteroatoms. The summed E-state index contributed by atoms with van der Waals surface area (Å²) in [6, 6.07) is 17.7. The molecule has 4 N–H and O–H groups in total. The molecule has 8 rings (SSSR count). The van der Waals surface area contributed by atoms with Crippen molar-refractivity contribution < 1.29 is 13.9 Å². The molecule has 12 nitrogen and oxygen atoms in total. The first kappa shape index (κ1) is 28.3. The molecule has 0 aliphatic heterocycles. The van der Waals surface area contributed by atoms with Crippen LogP contribution in [0.15, 0.2) is 91.6 Å². The fourth-order valence-corrected chi connectivity index (χ4v) is 5.00. The molecule has 0 atom stereocenters. The third-order valence-electron chi connectivity index (χ3n) is 7.33. The smallest absolute Gasteiger partial charge is 0.258 e. The fourth-order valence-electron chi connectivity index (χ4n) is 5.00. The van der Waals surface area contributed by atoms with Crippen molar-refractivity contribution in [2.24, 2.45) is 0 Å². The number of methoxy groups -OCH3 is 1. The number of aromatic amines is 2. The number of fused-ring (bicyclic) bond motifs is 6. The lowest BCUT2D eigenvalue weighted by Gasteiger charge is -2.05. The zero-order valence-corrected chi connectivity index (χ0v) is 24.5. The van der Waals surface area contributed by atoms with Gasteiger partial charge in [-0.1, -0.05) is 0 Å². The van der Waals surface area contributed by atoms with Gasteiger partial charge in [0, 0.05) is 71.2 Å². The number of hydrogen-bond donors (Lipinski definition) is 4. The van der Waals surface area contributed by atoms with Gasteiger partial charge in [-0.3, -0.25) is 9.78 Å². The summed E-state index contributed by atoms with van der Waals surface area (Å²) >= 11 is 0. The van der Waals surface area contributed by atoms with Crippen LogP contribution in [0.5, 0.6) is 5.88 Å². The maximum absolute atomic E-state index is 12.9. The zero-order chi connectivity index (χ0) is 31.6. The summed E-state index contributed by atoms with van der Waals surface area (Å²) in [4.78, 5) is 43.9. The molecule has 0 aliphatic rings. The van der Waals surface area contributed by atoms with Gasteiger partial charge in [-0.05, 0) is 54.6 Å². The van der Waals surface area contributed by atoms with Gasteiger partial charge < -0.3 is 25.3 Å². The second kappa shape index (κ2) is 11.9. The molecule has 0 radical (unpaired) electrons. The number of ether oxygens (including phenoxy) is 1. The van der Waals surface area contributed by atoms with Gasteiger partial charge in [0.05, 0.1) is 29.4 Å². The quantitative estimate of drug-likeness (QED) is 0.168. The standard InChI is InChI=1S/C17H14N6O.C16H11FN4O/c1-18-14-4-2-10(8-20-14)17(24)23-15-5-3-11-12-9-19-7-6-13(12)21-16(11)22-15;1-22-15-6-13-11(8-19-15)10-3-4-12(20-16(10)21-13)9-2-5-14(17)18-7-9/h2-9H,1H3,(H,18,20)(H2,21,22,23,24);2-8H,1H3,(H,20,21). The van der Waals surface area contributed by atoms with Crippen LogP contribution in [0.2, 0.25) is 0 Å². The molecular weight excluding hydrogens is 587 g/mol. The molecule has 1 amide bonds. The van der Waals surface area contributed by atoms with Gasteiger partial charge in [0.25, 0.3) is 5.91 Å². The number of halogens is 1. The van der Waals surface area contributed by atoms with Gasteiger partial charge in [0.15, 0.2) is 0 Å². The minimum Gasteiger partial charge on any atom is -0.481 e. The summed E-state index contributed by atoms with van der Waals surface area (Å²) in [7, 11) is 3.35. The Morgan fingerprint density at radius 2 is 1.54 bits per heavy atom. The van der Waals surface area contributed by atoms with Crippen molar-refractivity contribution in [3.05, 3.63) is 103 Å². The van der Waals surface area contributed by atoms with Crippen LogP contribution in [0.1, 0.15) is 10.4 Å². The number of hydrogen-bond acceptors (Lipinski definition) is 9. The average molecular weight is 613 g/mol. The molecule has 0 aliphatic carbocycles. The number of carbonyl (C=O) groups excluding carboxylic acids is 1. The Morgan fingerprint density at radius 3 is 2.30 bits per heavy atom. The Balaban J connectivity index is 0.000000147. The van der Waals surface area contributed by atoms with Gasteiger partial charge >= 0.3 is 0 Å². The summed E-state index contributed by atoms with van der Waals surface area (Å²) in [5.41, 5.74) is 5.28. The Morgan fingerprint density at radius 1 is 0.761 bits per heavy atom. The van der Waals surface area contributed by atoms with Crippen LogP contribution in [0.4, 0.5) is 16.0 Å². The largest absolute Gasteiger partial charge is 0.481 e. The molecular formula is C33H25FN10O2. The van der Waals surface area contributed by atoms with Crippen LogP contribution in [0, 0.1) is 5.95 Å². The van der Waals surface area contributed by atoms with E-state index in [0.29, 0.717) is 28.7 Å². The van der Waals surface area contributed by atoms with E-state index in [1.165, 1.54) is 18.5 Å². The minimum absolute atomic E-state index is 0.255. The number of aromatic nitrogens is 8. The van der Waals surface area contributed by atoms with Crippen LogP contribution < -0.4 is 15.4 Å². The topological polar surface area (TPSA) is 159 Å². The number of carbonyl (C=O) groups is 1. The van der Waals surface area contributed by atoms with E-state index in [9.17, 15) is 9.18 Å². The van der Waals surface area contributed by atoms with Crippen molar-refractivity contribution in [1.29, 1.82) is 0 Å². The number of nitrogens with zero attached hydrogens (tertiary/aromatic N) is 6. The van der Waals surface area contributed by atoms with Gasteiger partial charge in [0.2, 0.25) is 11.8 Å². The van der Waals surface area contributed by atoms with Crippen LogP contribution in [-0.2, 0) is 0 Å². The first-order valence-electron chi connectivity index (χ1n) is 14.1. The van der Waals surface area contributed by atoms with Crippen LogP contribution in [-0.4, -0.2) is 59.9 Å². The number of rotatable bonds is 5. The van der Waals surface area contributed by atoms with E-state index in [-0.39, 0.29) is 5.91 Å². The molecule has 0 saturated heterocycles. The Bertz CT molecular complexity index is 2350. The van der Waals surface area contributed by atoms with Crippen molar-refractivity contribution in [3.8, 4) is 17.1 Å².